The molecule has 3 heterocycles. The summed E-state index contributed by atoms with van der Waals surface area (Å²) in [5.41, 5.74) is 1.29. The van der Waals surface area contributed by atoms with Crippen molar-refractivity contribution in [3.63, 3.8) is 0 Å². The fourth-order valence-electron chi connectivity index (χ4n) is 3.84. The van der Waals surface area contributed by atoms with E-state index < -0.39 is 0 Å². The second-order valence-electron chi connectivity index (χ2n) is 6.37. The number of hydrogen-bond acceptors (Lipinski definition) is 2. The average molecular weight is 259 g/mol. The van der Waals surface area contributed by atoms with Crippen molar-refractivity contribution in [3.8, 4) is 0 Å². The van der Waals surface area contributed by atoms with E-state index in [1.807, 2.05) is 0 Å². The van der Waals surface area contributed by atoms with Gasteiger partial charge < -0.3 is 4.74 Å². The van der Waals surface area contributed by atoms with Crippen LogP contribution < -0.4 is 0 Å². The molecule has 2 atom stereocenters. The van der Waals surface area contributed by atoms with E-state index in [0.29, 0.717) is 18.1 Å². The van der Waals surface area contributed by atoms with Crippen molar-refractivity contribution in [2.75, 3.05) is 13.1 Å². The van der Waals surface area contributed by atoms with Gasteiger partial charge in [0.15, 0.2) is 0 Å². The second-order valence-corrected chi connectivity index (χ2v) is 6.37. The van der Waals surface area contributed by atoms with Crippen molar-refractivity contribution >= 4 is 0 Å². The fraction of sp³-hybridized carbons (Fsp3) is 0.647. The molecule has 19 heavy (non-hydrogen) atoms. The van der Waals surface area contributed by atoms with Crippen molar-refractivity contribution in [3.05, 3.63) is 35.9 Å². The number of rotatable bonds is 4. The minimum absolute atomic E-state index is 0.433. The molecule has 3 fully saturated rings. The summed E-state index contributed by atoms with van der Waals surface area (Å²) in [5.74, 6) is 1.46. The number of ether oxygens (including phenoxy) is 1. The predicted molar refractivity (Wildman–Crippen MR) is 77.9 cm³/mol. The lowest BCUT2D eigenvalue weighted by Gasteiger charge is -2.52. The minimum atomic E-state index is 0.433. The van der Waals surface area contributed by atoms with Gasteiger partial charge >= 0.3 is 0 Å². The third-order valence-electron chi connectivity index (χ3n) is 4.77. The summed E-state index contributed by atoms with van der Waals surface area (Å²) >= 11 is 0. The molecule has 0 N–H and O–H groups in total. The maximum Gasteiger partial charge on any atom is 0.0766 e. The zero-order valence-corrected chi connectivity index (χ0v) is 12.1. The maximum atomic E-state index is 6.34. The topological polar surface area (TPSA) is 12.5 Å². The molecule has 2 bridgehead atoms. The highest BCUT2D eigenvalue weighted by Gasteiger charge is 2.43. The van der Waals surface area contributed by atoms with Gasteiger partial charge in [0, 0.05) is 6.04 Å². The Labute approximate surface area is 116 Å². The predicted octanol–water partition coefficient (Wildman–Crippen LogP) is 3.32. The zero-order valence-electron chi connectivity index (χ0n) is 12.1. The molecule has 1 aromatic carbocycles. The third kappa shape index (κ3) is 2.70. The van der Waals surface area contributed by atoms with Gasteiger partial charge in [0.25, 0.3) is 0 Å². The molecular formula is C17H25NO. The first-order chi connectivity index (χ1) is 9.25. The summed E-state index contributed by atoms with van der Waals surface area (Å²) in [7, 11) is 0. The number of fused-ring (bicyclic) bond motifs is 3. The molecule has 104 valence electrons. The highest BCUT2D eigenvalue weighted by atomic mass is 16.5. The lowest BCUT2D eigenvalue weighted by molar-refractivity contribution is -0.128. The molecule has 2 nitrogen and oxygen atoms in total. The molecule has 0 aliphatic carbocycles. The van der Waals surface area contributed by atoms with E-state index in [9.17, 15) is 0 Å². The van der Waals surface area contributed by atoms with E-state index in [-0.39, 0.29) is 0 Å². The van der Waals surface area contributed by atoms with Crippen molar-refractivity contribution in [2.24, 2.45) is 11.8 Å². The lowest BCUT2D eigenvalue weighted by atomic mass is 9.76. The van der Waals surface area contributed by atoms with Gasteiger partial charge in [-0.05, 0) is 43.3 Å². The lowest BCUT2D eigenvalue weighted by Crippen LogP contribution is -2.60. The van der Waals surface area contributed by atoms with Crippen molar-refractivity contribution in [2.45, 2.75) is 45.4 Å². The summed E-state index contributed by atoms with van der Waals surface area (Å²) in [6.07, 6.45) is 3.08. The molecular weight excluding hydrogens is 234 g/mol. The smallest absolute Gasteiger partial charge is 0.0766 e. The molecule has 2 unspecified atom stereocenters. The van der Waals surface area contributed by atoms with Crippen LogP contribution in [-0.4, -0.2) is 30.1 Å². The normalized spacial score (nSPS) is 33.8. The van der Waals surface area contributed by atoms with E-state index in [4.69, 9.17) is 4.74 Å². The molecule has 4 rings (SSSR count). The van der Waals surface area contributed by atoms with Crippen LogP contribution in [0.5, 0.6) is 0 Å². The van der Waals surface area contributed by atoms with E-state index in [1.165, 1.54) is 31.5 Å². The Kier molecular flexibility index (Phi) is 3.90. The van der Waals surface area contributed by atoms with Gasteiger partial charge in [-0.1, -0.05) is 44.2 Å². The van der Waals surface area contributed by atoms with Crippen LogP contribution >= 0.6 is 0 Å². The molecule has 3 aliphatic heterocycles. The maximum absolute atomic E-state index is 6.34. The molecule has 0 aromatic heterocycles. The Bertz CT molecular complexity index is 395. The quantitative estimate of drug-likeness (QED) is 0.822. The standard InChI is InChI=1S/C17H25NO/c1-13(2)16-17(15-8-10-18(16)11-9-15)19-12-14-6-4-3-5-7-14/h3-7,13,15-17H,8-12H2,1-2H3. The average Bonchev–Trinajstić information content (AvgIpc) is 2.46. The fourth-order valence-corrected chi connectivity index (χ4v) is 3.84. The Morgan fingerprint density at radius 3 is 2.47 bits per heavy atom. The number of benzene rings is 1. The Balaban J connectivity index is 1.68. The SMILES string of the molecule is CC(C)C1C(OCc2ccccc2)C2CCN1CC2. The van der Waals surface area contributed by atoms with Gasteiger partial charge in [-0.25, -0.2) is 0 Å². The summed E-state index contributed by atoms with van der Waals surface area (Å²) in [6, 6.07) is 11.2. The van der Waals surface area contributed by atoms with Crippen LogP contribution in [0.15, 0.2) is 30.3 Å². The highest BCUT2D eigenvalue weighted by Crippen LogP contribution is 2.37. The largest absolute Gasteiger partial charge is 0.372 e. The van der Waals surface area contributed by atoms with E-state index in [2.05, 4.69) is 49.1 Å². The van der Waals surface area contributed by atoms with Crippen LogP contribution in [0.4, 0.5) is 0 Å². The molecule has 0 radical (unpaired) electrons. The number of nitrogens with zero attached hydrogens (tertiary/aromatic N) is 1. The first-order valence-corrected chi connectivity index (χ1v) is 7.65. The first-order valence-electron chi connectivity index (χ1n) is 7.65. The zero-order chi connectivity index (χ0) is 13.2. The molecule has 3 saturated heterocycles. The number of hydrogen-bond donors (Lipinski definition) is 0. The third-order valence-corrected chi connectivity index (χ3v) is 4.77. The van der Waals surface area contributed by atoms with Crippen LogP contribution in [0.2, 0.25) is 0 Å². The van der Waals surface area contributed by atoms with Crippen LogP contribution in [0, 0.1) is 11.8 Å². The van der Waals surface area contributed by atoms with Crippen LogP contribution in [0.25, 0.3) is 0 Å². The Hall–Kier alpha value is -0.860. The van der Waals surface area contributed by atoms with E-state index in [1.54, 1.807) is 0 Å². The minimum Gasteiger partial charge on any atom is -0.372 e. The van der Waals surface area contributed by atoms with Crippen LogP contribution in [0.1, 0.15) is 32.3 Å². The van der Waals surface area contributed by atoms with Crippen molar-refractivity contribution in [1.82, 2.24) is 4.90 Å². The number of piperidine rings is 3. The molecule has 0 saturated carbocycles. The summed E-state index contributed by atoms with van der Waals surface area (Å²) < 4.78 is 6.34. The highest BCUT2D eigenvalue weighted by molar-refractivity contribution is 5.13. The Morgan fingerprint density at radius 1 is 1.16 bits per heavy atom. The summed E-state index contributed by atoms with van der Waals surface area (Å²) in [5, 5.41) is 0. The first kappa shape index (κ1) is 13.1. The Morgan fingerprint density at radius 2 is 1.84 bits per heavy atom. The van der Waals surface area contributed by atoms with Gasteiger partial charge in [0.2, 0.25) is 0 Å². The van der Waals surface area contributed by atoms with Crippen LogP contribution in [0.3, 0.4) is 0 Å². The molecule has 1 aromatic rings. The van der Waals surface area contributed by atoms with Gasteiger partial charge in [-0.3, -0.25) is 4.90 Å². The van der Waals surface area contributed by atoms with Gasteiger partial charge in [0.05, 0.1) is 12.7 Å². The molecule has 0 spiro atoms. The molecule has 3 aliphatic rings. The van der Waals surface area contributed by atoms with Crippen LogP contribution in [-0.2, 0) is 11.3 Å². The second kappa shape index (κ2) is 5.64. The van der Waals surface area contributed by atoms with Gasteiger partial charge in [-0.15, -0.1) is 0 Å². The summed E-state index contributed by atoms with van der Waals surface area (Å²) in [4.78, 5) is 2.65. The van der Waals surface area contributed by atoms with Gasteiger partial charge in [-0.2, -0.15) is 0 Å². The van der Waals surface area contributed by atoms with Crippen molar-refractivity contribution < 1.29 is 4.74 Å². The van der Waals surface area contributed by atoms with E-state index in [0.717, 1.165) is 12.5 Å². The van der Waals surface area contributed by atoms with Crippen molar-refractivity contribution in [1.29, 1.82) is 0 Å². The van der Waals surface area contributed by atoms with E-state index >= 15 is 0 Å². The molecule has 2 heteroatoms. The monoisotopic (exact) mass is 259 g/mol. The van der Waals surface area contributed by atoms with Gasteiger partial charge in [0.1, 0.15) is 0 Å². The summed E-state index contributed by atoms with van der Waals surface area (Å²) in [6.45, 7) is 7.99. The molecule has 0 amide bonds.